The number of hydrogen-bond acceptors (Lipinski definition) is 7. The Morgan fingerprint density at radius 1 is 0.552 bits per heavy atom. The van der Waals surface area contributed by atoms with Crippen molar-refractivity contribution in [1.82, 2.24) is 9.55 Å². The van der Waals surface area contributed by atoms with Gasteiger partial charge in [-0.3, -0.25) is 0 Å². The van der Waals surface area contributed by atoms with Gasteiger partial charge in [0.1, 0.15) is 5.82 Å². The first-order valence-corrected chi connectivity index (χ1v) is 23.7. The third-order valence-electron chi connectivity index (χ3n) is 12.6. The Kier molecular flexibility index (Phi) is 10.1. The number of benzene rings is 8. The Hall–Kier alpha value is -6.70. The van der Waals surface area contributed by atoms with Crippen molar-refractivity contribution >= 4 is 85.1 Å². The maximum absolute atomic E-state index is 6.70. The van der Waals surface area contributed by atoms with E-state index in [2.05, 4.69) is 217 Å². The summed E-state index contributed by atoms with van der Waals surface area (Å²) in [4.78, 5) is 16.8. The van der Waals surface area contributed by atoms with Crippen LogP contribution in [0.15, 0.2) is 202 Å². The monoisotopic (exact) mass is 1080 g/mol. The third-order valence-corrected chi connectivity index (χ3v) is 14.8. The largest absolute Gasteiger partial charge is 0.509 e. The van der Waals surface area contributed by atoms with Crippen LogP contribution in [-0.4, -0.2) is 9.55 Å². The fourth-order valence-corrected chi connectivity index (χ4v) is 11.8. The molecule has 0 fully saturated rings. The van der Waals surface area contributed by atoms with Gasteiger partial charge in [-0.05, 0) is 94.2 Å². The molecule has 2 aromatic heterocycles. The molecule has 0 spiro atoms. The average Bonchev–Trinajstić information content (AvgIpc) is 3.90. The zero-order valence-corrected chi connectivity index (χ0v) is 40.6. The molecule has 67 heavy (non-hydrogen) atoms. The van der Waals surface area contributed by atoms with Gasteiger partial charge in [-0.15, -0.1) is 48.1 Å². The van der Waals surface area contributed by atoms with Gasteiger partial charge in [0.2, 0.25) is 0 Å². The van der Waals surface area contributed by atoms with Crippen molar-refractivity contribution in [3.63, 3.8) is 0 Å². The number of anilines is 7. The molecule has 3 aliphatic rings. The standard InChI is InChI=1S/C58H40N5OS2.Pt/c1-58(2,3)39-28-29-59-56(31-39)62-46-27-24-38(37-14-5-4-6-15-37)30-45(46)44-26-25-43(35-51(44)62)64-42-17-13-16-40(32-42)60-36-61(48-19-8-7-18-47(48)60)41-33-54-57-55(34-41)66-53-23-12-10-21-50(53)63(57)49-20-9-11-22-52(49)65-54;/h4-31,33-34,36H,1-3H3;/q-3;. The predicted octanol–water partition coefficient (Wildman–Crippen LogP) is 16.3. The van der Waals surface area contributed by atoms with Crippen LogP contribution in [0.5, 0.6) is 11.5 Å². The molecular formula is C58H40N5OPtS2-3. The summed E-state index contributed by atoms with van der Waals surface area (Å²) in [6, 6.07) is 69.7. The zero-order valence-electron chi connectivity index (χ0n) is 36.7. The molecule has 0 saturated heterocycles. The minimum atomic E-state index is -0.0451. The fraction of sp³-hybridized carbons (Fsp3) is 0.0690. The molecule has 0 bridgehead atoms. The summed E-state index contributed by atoms with van der Waals surface area (Å²) in [6.07, 6.45) is 1.91. The summed E-state index contributed by atoms with van der Waals surface area (Å²) in [5, 5.41) is 2.21. The normalized spacial score (nSPS) is 13.5. The average molecular weight is 1080 g/mol. The second-order valence-corrected chi connectivity index (χ2v) is 20.0. The molecule has 9 heteroatoms. The topological polar surface area (TPSA) is 36.8 Å². The fourth-order valence-electron chi connectivity index (χ4n) is 9.45. The van der Waals surface area contributed by atoms with Crippen molar-refractivity contribution in [2.75, 3.05) is 14.7 Å². The predicted molar refractivity (Wildman–Crippen MR) is 271 cm³/mol. The van der Waals surface area contributed by atoms with Crippen molar-refractivity contribution in [1.29, 1.82) is 0 Å². The summed E-state index contributed by atoms with van der Waals surface area (Å²) in [5.74, 6) is 2.03. The smallest absolute Gasteiger partial charge is 0.135 e. The van der Waals surface area contributed by atoms with E-state index in [1.165, 1.54) is 47.8 Å². The molecule has 13 rings (SSSR count). The minimum Gasteiger partial charge on any atom is -0.509 e. The number of aromatic nitrogens is 2. The molecule has 6 nitrogen and oxygen atoms in total. The zero-order chi connectivity index (χ0) is 44.1. The maximum Gasteiger partial charge on any atom is 0.135 e. The van der Waals surface area contributed by atoms with E-state index in [1.54, 1.807) is 0 Å². The first kappa shape index (κ1) is 41.7. The third kappa shape index (κ3) is 7.04. The van der Waals surface area contributed by atoms with Crippen LogP contribution in [0.4, 0.5) is 39.8 Å². The Balaban J connectivity index is 0.00000468. The van der Waals surface area contributed by atoms with Crippen LogP contribution in [0.2, 0.25) is 0 Å². The van der Waals surface area contributed by atoms with Crippen molar-refractivity contribution in [2.24, 2.45) is 0 Å². The summed E-state index contributed by atoms with van der Waals surface area (Å²) in [6.45, 7) is 8.87. The first-order chi connectivity index (χ1) is 32.3. The minimum absolute atomic E-state index is 0. The molecule has 0 unspecified atom stereocenters. The molecule has 5 heterocycles. The van der Waals surface area contributed by atoms with Crippen molar-refractivity contribution in [3.05, 3.63) is 206 Å². The van der Waals surface area contributed by atoms with Gasteiger partial charge in [0.15, 0.2) is 0 Å². The van der Waals surface area contributed by atoms with Gasteiger partial charge in [0.05, 0.1) is 17.1 Å². The van der Waals surface area contributed by atoms with E-state index >= 15 is 0 Å². The molecule has 0 atom stereocenters. The van der Waals surface area contributed by atoms with E-state index in [4.69, 9.17) is 9.72 Å². The van der Waals surface area contributed by atoms with Gasteiger partial charge in [-0.2, -0.15) is 12.1 Å². The van der Waals surface area contributed by atoms with Crippen LogP contribution in [0, 0.1) is 18.8 Å². The van der Waals surface area contributed by atoms with E-state index in [1.807, 2.05) is 47.9 Å². The van der Waals surface area contributed by atoms with Gasteiger partial charge >= 0.3 is 0 Å². The summed E-state index contributed by atoms with van der Waals surface area (Å²) >= 11 is 3.68. The summed E-state index contributed by atoms with van der Waals surface area (Å²) < 4.78 is 8.92. The number of pyridine rings is 1. The number of rotatable bonds is 6. The van der Waals surface area contributed by atoms with Gasteiger partial charge in [-0.25, -0.2) is 4.98 Å². The Morgan fingerprint density at radius 2 is 1.21 bits per heavy atom. The van der Waals surface area contributed by atoms with Gasteiger partial charge in [0.25, 0.3) is 0 Å². The summed E-state index contributed by atoms with van der Waals surface area (Å²) in [7, 11) is 0. The van der Waals surface area contributed by atoms with Crippen molar-refractivity contribution in [2.45, 2.75) is 45.8 Å². The van der Waals surface area contributed by atoms with E-state index in [-0.39, 0.29) is 26.5 Å². The Labute approximate surface area is 413 Å². The van der Waals surface area contributed by atoms with E-state index < -0.39 is 0 Å². The number of fused-ring (bicyclic) bond motifs is 8. The SMILES string of the molecule is CC(C)(C)c1ccnc(-n2c3[c-]c(Oc4[c-]c(N5[CH-]N(c6cc7c8c(c6)Sc6ccccc6N8c6ccccc6S7)c6ccccc65)ccc4)ccc3c3cc(-c4ccccc4)ccc32)c1.[Pt]. The van der Waals surface area contributed by atoms with Crippen LogP contribution >= 0.6 is 23.5 Å². The molecule has 3 aliphatic heterocycles. The Morgan fingerprint density at radius 3 is 1.93 bits per heavy atom. The van der Waals surface area contributed by atoms with Crippen LogP contribution in [0.25, 0.3) is 38.8 Å². The number of para-hydroxylation sites is 4. The molecule has 8 aromatic carbocycles. The van der Waals surface area contributed by atoms with Crippen LogP contribution < -0.4 is 19.4 Å². The molecule has 0 aliphatic carbocycles. The number of nitrogens with zero attached hydrogens (tertiary/aromatic N) is 5. The van der Waals surface area contributed by atoms with E-state index in [0.29, 0.717) is 11.5 Å². The first-order valence-electron chi connectivity index (χ1n) is 22.1. The van der Waals surface area contributed by atoms with E-state index in [0.717, 1.165) is 55.9 Å². The Bertz CT molecular complexity index is 3510. The molecule has 0 N–H and O–H groups in total. The number of ether oxygens (including phenoxy) is 1. The molecule has 0 radical (unpaired) electrons. The van der Waals surface area contributed by atoms with Gasteiger partial charge < -0.3 is 24.0 Å². The van der Waals surface area contributed by atoms with Crippen molar-refractivity contribution < 1.29 is 25.8 Å². The molecule has 10 aromatic rings. The second kappa shape index (κ2) is 16.3. The van der Waals surface area contributed by atoms with Crippen molar-refractivity contribution in [3.8, 4) is 28.4 Å². The summed E-state index contributed by atoms with van der Waals surface area (Å²) in [5.41, 5.74) is 13.3. The number of hydrogen-bond donors (Lipinski definition) is 0. The second-order valence-electron chi connectivity index (χ2n) is 17.8. The molecule has 328 valence electrons. The molecular weight excluding hydrogens is 1040 g/mol. The van der Waals surface area contributed by atoms with E-state index in [9.17, 15) is 0 Å². The van der Waals surface area contributed by atoms with Crippen LogP contribution in [0.3, 0.4) is 0 Å². The van der Waals surface area contributed by atoms with Gasteiger partial charge in [-0.1, -0.05) is 129 Å². The van der Waals surface area contributed by atoms with Gasteiger partial charge in [0, 0.05) is 80.9 Å². The maximum atomic E-state index is 6.70. The molecule has 0 amide bonds. The molecule has 0 saturated carbocycles. The quantitative estimate of drug-likeness (QED) is 0.154. The van der Waals surface area contributed by atoms with Crippen LogP contribution in [0.1, 0.15) is 26.3 Å². The van der Waals surface area contributed by atoms with Crippen LogP contribution in [-0.2, 0) is 26.5 Å².